The quantitative estimate of drug-likeness (QED) is 0.701. The summed E-state index contributed by atoms with van der Waals surface area (Å²) < 4.78 is 0. The van der Waals surface area contributed by atoms with Crippen molar-refractivity contribution in [2.45, 2.75) is 13.0 Å². The lowest BCUT2D eigenvalue weighted by molar-refractivity contribution is 0.268. The molecule has 2 rings (SSSR count). The number of nitrogens with one attached hydrogen (secondary N) is 1. The van der Waals surface area contributed by atoms with E-state index in [-0.39, 0.29) is 11.6 Å². The van der Waals surface area contributed by atoms with Crippen molar-refractivity contribution in [3.63, 3.8) is 0 Å². The minimum Gasteiger partial charge on any atom is -0.350 e. The van der Waals surface area contributed by atoms with Crippen molar-refractivity contribution < 1.29 is 0 Å². The zero-order valence-electron chi connectivity index (χ0n) is 10.3. The van der Waals surface area contributed by atoms with Gasteiger partial charge in [0.1, 0.15) is 11.6 Å². The number of aryl methyl sites for hydroxylation is 1. The van der Waals surface area contributed by atoms with E-state index in [0.29, 0.717) is 12.4 Å². The van der Waals surface area contributed by atoms with Gasteiger partial charge in [0.2, 0.25) is 0 Å². The van der Waals surface area contributed by atoms with Crippen molar-refractivity contribution in [3.8, 4) is 0 Å². The third-order valence-electron chi connectivity index (χ3n) is 3.10. The normalized spacial score (nSPS) is 21.8. The summed E-state index contributed by atoms with van der Waals surface area (Å²) in [6, 6.07) is 1.77. The lowest BCUT2D eigenvalue weighted by atomic mass is 10.1. The summed E-state index contributed by atoms with van der Waals surface area (Å²) in [5.41, 5.74) is 5.68. The molecule has 6 heteroatoms. The van der Waals surface area contributed by atoms with Crippen LogP contribution in [0.25, 0.3) is 0 Å². The maximum atomic E-state index is 11.4. The second kappa shape index (κ2) is 4.85. The van der Waals surface area contributed by atoms with Crippen LogP contribution in [-0.4, -0.2) is 54.1 Å². The van der Waals surface area contributed by atoms with Gasteiger partial charge in [0.15, 0.2) is 0 Å². The van der Waals surface area contributed by atoms with Gasteiger partial charge in [0, 0.05) is 32.2 Å². The van der Waals surface area contributed by atoms with Crippen molar-refractivity contribution in [2.24, 2.45) is 5.73 Å². The molecule has 0 saturated carbocycles. The molecule has 1 saturated heterocycles. The largest absolute Gasteiger partial charge is 0.350 e. The molecule has 0 bridgehead atoms. The third kappa shape index (κ3) is 2.65. The Morgan fingerprint density at radius 2 is 2.35 bits per heavy atom. The van der Waals surface area contributed by atoms with E-state index in [9.17, 15) is 4.79 Å². The maximum Gasteiger partial charge on any atom is 0.252 e. The Labute approximate surface area is 100 Å². The van der Waals surface area contributed by atoms with Crippen LogP contribution in [0.15, 0.2) is 10.9 Å². The van der Waals surface area contributed by atoms with Crippen LogP contribution < -0.4 is 16.2 Å². The topological polar surface area (TPSA) is 78.2 Å². The first-order valence-electron chi connectivity index (χ1n) is 5.83. The summed E-state index contributed by atoms with van der Waals surface area (Å²) in [6.45, 7) is 5.08. The Kier molecular flexibility index (Phi) is 3.44. The van der Waals surface area contributed by atoms with Gasteiger partial charge in [-0.25, -0.2) is 4.98 Å². The number of aromatic amines is 1. The van der Waals surface area contributed by atoms with Gasteiger partial charge in [-0.05, 0) is 14.0 Å². The van der Waals surface area contributed by atoms with Gasteiger partial charge in [-0.1, -0.05) is 0 Å². The molecular weight excluding hydrogens is 218 g/mol. The fraction of sp³-hybridized carbons (Fsp3) is 0.636. The minimum atomic E-state index is -0.109. The van der Waals surface area contributed by atoms with E-state index in [1.54, 1.807) is 13.0 Å². The summed E-state index contributed by atoms with van der Waals surface area (Å²) in [5.74, 6) is 1.37. The first-order chi connectivity index (χ1) is 8.10. The van der Waals surface area contributed by atoms with Crippen LogP contribution in [-0.2, 0) is 0 Å². The fourth-order valence-corrected chi connectivity index (χ4v) is 2.22. The van der Waals surface area contributed by atoms with Gasteiger partial charge in [-0.3, -0.25) is 4.79 Å². The third-order valence-corrected chi connectivity index (χ3v) is 3.10. The number of piperazine rings is 1. The van der Waals surface area contributed by atoms with E-state index in [1.165, 1.54) is 0 Å². The van der Waals surface area contributed by atoms with Gasteiger partial charge < -0.3 is 20.5 Å². The summed E-state index contributed by atoms with van der Waals surface area (Å²) in [5, 5.41) is 0. The zero-order chi connectivity index (χ0) is 12.4. The van der Waals surface area contributed by atoms with Crippen LogP contribution in [0.3, 0.4) is 0 Å². The molecule has 0 amide bonds. The highest BCUT2D eigenvalue weighted by atomic mass is 16.1. The Balaban J connectivity index is 2.28. The van der Waals surface area contributed by atoms with Crippen LogP contribution >= 0.6 is 0 Å². The number of nitrogens with zero attached hydrogens (tertiary/aromatic N) is 3. The lowest BCUT2D eigenvalue weighted by Crippen LogP contribution is -2.55. The Bertz CT molecular complexity index is 444. The van der Waals surface area contributed by atoms with E-state index in [1.807, 2.05) is 0 Å². The molecule has 0 aromatic carbocycles. The Morgan fingerprint density at radius 1 is 1.59 bits per heavy atom. The Hall–Kier alpha value is -1.40. The van der Waals surface area contributed by atoms with Crippen LogP contribution in [0, 0.1) is 6.92 Å². The molecule has 3 N–H and O–H groups in total. The van der Waals surface area contributed by atoms with E-state index in [4.69, 9.17) is 5.73 Å². The number of hydrogen-bond acceptors (Lipinski definition) is 5. The number of rotatable bonds is 2. The number of anilines is 1. The van der Waals surface area contributed by atoms with Gasteiger partial charge in [-0.15, -0.1) is 0 Å². The van der Waals surface area contributed by atoms with Crippen LogP contribution in [0.5, 0.6) is 0 Å². The maximum absolute atomic E-state index is 11.4. The molecular formula is C11H19N5O. The zero-order valence-corrected chi connectivity index (χ0v) is 10.3. The molecule has 2 heterocycles. The fourth-order valence-electron chi connectivity index (χ4n) is 2.22. The molecule has 0 spiro atoms. The minimum absolute atomic E-state index is 0.109. The number of aromatic nitrogens is 2. The highest BCUT2D eigenvalue weighted by molar-refractivity contribution is 5.40. The predicted molar refractivity (Wildman–Crippen MR) is 67.3 cm³/mol. The summed E-state index contributed by atoms with van der Waals surface area (Å²) >= 11 is 0. The first-order valence-corrected chi connectivity index (χ1v) is 5.83. The molecule has 6 nitrogen and oxygen atoms in total. The summed E-state index contributed by atoms with van der Waals surface area (Å²) in [7, 11) is 2.08. The highest BCUT2D eigenvalue weighted by Gasteiger charge is 2.25. The lowest BCUT2D eigenvalue weighted by Gasteiger charge is -2.40. The van der Waals surface area contributed by atoms with Gasteiger partial charge in [0.25, 0.3) is 5.56 Å². The van der Waals surface area contributed by atoms with Crippen molar-refractivity contribution in [1.29, 1.82) is 0 Å². The van der Waals surface area contributed by atoms with Crippen molar-refractivity contribution in [3.05, 3.63) is 22.2 Å². The van der Waals surface area contributed by atoms with Crippen LogP contribution in [0.1, 0.15) is 5.82 Å². The molecule has 1 unspecified atom stereocenters. The second-order valence-electron chi connectivity index (χ2n) is 4.53. The summed E-state index contributed by atoms with van der Waals surface area (Å²) in [4.78, 5) is 22.9. The number of likely N-dealkylation sites (N-methyl/N-ethyl adjacent to an activating group) is 1. The van der Waals surface area contributed by atoms with Crippen LogP contribution in [0.2, 0.25) is 0 Å². The molecule has 1 fully saturated rings. The van der Waals surface area contributed by atoms with Gasteiger partial charge in [0.05, 0.1) is 6.04 Å². The van der Waals surface area contributed by atoms with E-state index >= 15 is 0 Å². The second-order valence-corrected chi connectivity index (χ2v) is 4.53. The number of nitrogens with two attached hydrogens (primary N) is 1. The predicted octanol–water partition coefficient (Wildman–Crippen LogP) is -0.843. The molecule has 1 aliphatic rings. The molecule has 0 aliphatic carbocycles. The standard InChI is InChI=1S/C11H19N5O/c1-8-13-10(5-11(17)14-8)16-4-3-15(2)7-9(16)6-12/h5,9H,3-4,6-7,12H2,1-2H3,(H,13,14,17). The van der Waals surface area contributed by atoms with Crippen molar-refractivity contribution in [1.82, 2.24) is 14.9 Å². The van der Waals surface area contributed by atoms with Gasteiger partial charge in [-0.2, -0.15) is 0 Å². The average Bonchev–Trinajstić information content (AvgIpc) is 2.27. The SMILES string of the molecule is Cc1nc(N2CCN(C)CC2CN)cc(=O)[nH]1. The average molecular weight is 237 g/mol. The highest BCUT2D eigenvalue weighted by Crippen LogP contribution is 2.15. The molecule has 1 atom stereocenters. The molecule has 1 aliphatic heterocycles. The first kappa shape index (κ1) is 12.1. The molecule has 17 heavy (non-hydrogen) atoms. The smallest absolute Gasteiger partial charge is 0.252 e. The molecule has 1 aromatic heterocycles. The van der Waals surface area contributed by atoms with Crippen LogP contribution in [0.4, 0.5) is 5.82 Å². The van der Waals surface area contributed by atoms with E-state index in [2.05, 4.69) is 26.8 Å². The molecule has 0 radical (unpaired) electrons. The monoisotopic (exact) mass is 237 g/mol. The van der Waals surface area contributed by atoms with E-state index < -0.39 is 0 Å². The van der Waals surface area contributed by atoms with Crippen molar-refractivity contribution >= 4 is 5.82 Å². The molecule has 1 aromatic rings. The number of H-pyrrole nitrogens is 1. The molecule has 94 valence electrons. The van der Waals surface area contributed by atoms with Gasteiger partial charge >= 0.3 is 0 Å². The van der Waals surface area contributed by atoms with E-state index in [0.717, 1.165) is 25.5 Å². The van der Waals surface area contributed by atoms with Crippen molar-refractivity contribution in [2.75, 3.05) is 38.1 Å². The summed E-state index contributed by atoms with van der Waals surface area (Å²) in [6.07, 6.45) is 0. The Morgan fingerprint density at radius 3 is 3.00 bits per heavy atom. The number of hydrogen-bond donors (Lipinski definition) is 2.